The number of rotatable bonds is 4. The average molecular weight is 246 g/mol. The molecule has 8 heteroatoms. The van der Waals surface area contributed by atoms with E-state index in [9.17, 15) is 19.2 Å². The molecule has 0 saturated heterocycles. The van der Waals surface area contributed by atoms with E-state index in [1.165, 1.54) is 6.92 Å². The molecule has 0 radical (unpaired) electrons. The van der Waals surface area contributed by atoms with Crippen LogP contribution in [0.2, 0.25) is 0 Å². The highest BCUT2D eigenvalue weighted by Crippen LogP contribution is 1.89. The maximum Gasteiger partial charge on any atom is 0.331 e. The summed E-state index contributed by atoms with van der Waals surface area (Å²) in [6.45, 7) is 1.22. The van der Waals surface area contributed by atoms with Crippen molar-refractivity contribution < 1.29 is 39.6 Å². The molecule has 0 spiro atoms. The first-order valence-corrected chi connectivity index (χ1v) is 3.95. The van der Waals surface area contributed by atoms with Gasteiger partial charge < -0.3 is 20.4 Å². The molecule has 94 valence electrons. The van der Waals surface area contributed by atoms with Crippen LogP contribution in [-0.2, 0) is 19.2 Å². The zero-order valence-electron chi connectivity index (χ0n) is 8.65. The van der Waals surface area contributed by atoms with Crippen molar-refractivity contribution in [2.45, 2.75) is 6.92 Å². The quantitative estimate of drug-likeness (QED) is 0.498. The smallest absolute Gasteiger partial charge is 0.331 e. The van der Waals surface area contributed by atoms with E-state index in [4.69, 9.17) is 20.4 Å². The van der Waals surface area contributed by atoms with Gasteiger partial charge in [-0.1, -0.05) is 0 Å². The summed E-state index contributed by atoms with van der Waals surface area (Å²) in [7, 11) is 0. The molecule has 0 saturated carbocycles. The summed E-state index contributed by atoms with van der Waals surface area (Å²) < 4.78 is 0. The third-order valence-corrected chi connectivity index (χ3v) is 1.05. The summed E-state index contributed by atoms with van der Waals surface area (Å²) in [5.41, 5.74) is -0.178. The van der Waals surface area contributed by atoms with Crippen molar-refractivity contribution in [3.05, 3.63) is 23.8 Å². The van der Waals surface area contributed by atoms with Crippen LogP contribution in [-0.4, -0.2) is 44.3 Å². The maximum absolute atomic E-state index is 9.90. The number of hydrogen-bond acceptors (Lipinski definition) is 4. The van der Waals surface area contributed by atoms with Crippen LogP contribution in [0.4, 0.5) is 0 Å². The second-order valence-corrected chi connectivity index (χ2v) is 2.48. The molecule has 0 bridgehead atoms. The van der Waals surface area contributed by atoms with E-state index in [0.29, 0.717) is 18.2 Å². The van der Waals surface area contributed by atoms with Crippen LogP contribution >= 0.6 is 0 Å². The van der Waals surface area contributed by atoms with Gasteiger partial charge >= 0.3 is 23.9 Å². The molecule has 0 aromatic carbocycles. The van der Waals surface area contributed by atoms with Crippen LogP contribution in [0.1, 0.15) is 6.92 Å². The van der Waals surface area contributed by atoms with Crippen LogP contribution in [0.5, 0.6) is 0 Å². The molecule has 0 aliphatic rings. The monoisotopic (exact) mass is 246 g/mol. The zero-order valence-corrected chi connectivity index (χ0v) is 8.65. The van der Waals surface area contributed by atoms with E-state index in [1.807, 2.05) is 0 Å². The predicted molar refractivity (Wildman–Crippen MR) is 53.4 cm³/mol. The highest BCUT2D eigenvalue weighted by molar-refractivity contribution is 5.94. The molecule has 0 unspecified atom stereocenters. The van der Waals surface area contributed by atoms with Crippen LogP contribution in [0.25, 0.3) is 0 Å². The Morgan fingerprint density at radius 3 is 1.24 bits per heavy atom. The summed E-state index contributed by atoms with van der Waals surface area (Å²) in [4.78, 5) is 38.8. The Morgan fingerprint density at radius 1 is 0.765 bits per heavy atom. The molecular weight excluding hydrogens is 236 g/mol. The second kappa shape index (κ2) is 8.65. The molecule has 0 aliphatic carbocycles. The van der Waals surface area contributed by atoms with Crippen molar-refractivity contribution in [3.8, 4) is 0 Å². The van der Waals surface area contributed by atoms with E-state index in [0.717, 1.165) is 0 Å². The SMILES string of the molecule is C/C(=C\C(=O)O)C(=O)O.O=C(O)/C=C\C(=O)O. The molecule has 17 heavy (non-hydrogen) atoms. The van der Waals surface area contributed by atoms with E-state index >= 15 is 0 Å². The highest BCUT2D eigenvalue weighted by atomic mass is 16.4. The summed E-state index contributed by atoms with van der Waals surface area (Å²) in [6.07, 6.45) is 1.76. The van der Waals surface area contributed by atoms with Gasteiger partial charge in [-0.25, -0.2) is 19.2 Å². The average Bonchev–Trinajstić information content (AvgIpc) is 2.14. The molecule has 0 fully saturated rings. The lowest BCUT2D eigenvalue weighted by molar-refractivity contribution is -0.135. The Bertz CT molecular complexity index is 360. The molecule has 0 atom stereocenters. The first kappa shape index (κ1) is 16.8. The van der Waals surface area contributed by atoms with Crippen molar-refractivity contribution >= 4 is 23.9 Å². The van der Waals surface area contributed by atoms with Gasteiger partial charge in [-0.15, -0.1) is 0 Å². The second-order valence-electron chi connectivity index (χ2n) is 2.48. The number of carboxylic acid groups (broad SMARTS) is 4. The van der Waals surface area contributed by atoms with Gasteiger partial charge in [-0.2, -0.15) is 0 Å². The minimum atomic E-state index is -1.26. The van der Waals surface area contributed by atoms with Gasteiger partial charge in [0.25, 0.3) is 0 Å². The first-order valence-electron chi connectivity index (χ1n) is 3.95. The molecule has 4 N–H and O–H groups in total. The van der Waals surface area contributed by atoms with Gasteiger partial charge in [0, 0.05) is 23.8 Å². The topological polar surface area (TPSA) is 149 Å². The van der Waals surface area contributed by atoms with E-state index in [2.05, 4.69) is 0 Å². The third-order valence-electron chi connectivity index (χ3n) is 1.05. The van der Waals surface area contributed by atoms with Gasteiger partial charge in [-0.05, 0) is 6.92 Å². The van der Waals surface area contributed by atoms with Gasteiger partial charge in [0.05, 0.1) is 0 Å². The van der Waals surface area contributed by atoms with Crippen LogP contribution in [0.3, 0.4) is 0 Å². The fourth-order valence-corrected chi connectivity index (χ4v) is 0.390. The van der Waals surface area contributed by atoms with Crippen molar-refractivity contribution in [1.82, 2.24) is 0 Å². The lowest BCUT2D eigenvalue weighted by Gasteiger charge is -1.86. The maximum atomic E-state index is 9.90. The van der Waals surface area contributed by atoms with E-state index in [1.54, 1.807) is 0 Å². The molecule has 8 nitrogen and oxygen atoms in total. The van der Waals surface area contributed by atoms with Gasteiger partial charge in [-0.3, -0.25) is 0 Å². The standard InChI is InChI=1S/C5H6O4.C4H4O4/c1-3(5(8)9)2-4(6)7;5-3(6)1-2-4(7)8/h2H,1H3,(H,6,7)(H,8,9);1-2H,(H,5,6)(H,7,8)/b3-2+;2-1-. The molecule has 0 rings (SSSR count). The minimum Gasteiger partial charge on any atom is -0.478 e. The summed E-state index contributed by atoms with van der Waals surface area (Å²) in [6, 6.07) is 0. The number of carboxylic acids is 4. The Labute approximate surface area is 95.1 Å². The Morgan fingerprint density at radius 2 is 1.12 bits per heavy atom. The molecule has 0 aromatic rings. The normalized spacial score (nSPS) is 10.3. The van der Waals surface area contributed by atoms with Crippen LogP contribution in [0, 0.1) is 0 Å². The summed E-state index contributed by atoms with van der Waals surface area (Å²) >= 11 is 0. The fourth-order valence-electron chi connectivity index (χ4n) is 0.390. The van der Waals surface area contributed by atoms with Gasteiger partial charge in [0.15, 0.2) is 0 Å². The minimum absolute atomic E-state index is 0.178. The molecule has 0 aromatic heterocycles. The summed E-state index contributed by atoms with van der Waals surface area (Å²) in [5, 5.41) is 31.7. The van der Waals surface area contributed by atoms with E-state index < -0.39 is 23.9 Å². The largest absolute Gasteiger partial charge is 0.478 e. The molecule has 0 amide bonds. The van der Waals surface area contributed by atoms with Crippen LogP contribution < -0.4 is 0 Å². The summed E-state index contributed by atoms with van der Waals surface area (Å²) in [5.74, 6) is -4.97. The van der Waals surface area contributed by atoms with Crippen LogP contribution in [0.15, 0.2) is 23.8 Å². The molecule has 0 aliphatic heterocycles. The lowest BCUT2D eigenvalue weighted by atomic mass is 10.3. The van der Waals surface area contributed by atoms with Crippen molar-refractivity contribution in [3.63, 3.8) is 0 Å². The molecular formula is C9H10O8. The van der Waals surface area contributed by atoms with Crippen molar-refractivity contribution in [2.24, 2.45) is 0 Å². The third kappa shape index (κ3) is 16.1. The van der Waals surface area contributed by atoms with Crippen molar-refractivity contribution in [2.75, 3.05) is 0 Å². The number of hydrogen-bond donors (Lipinski definition) is 4. The lowest BCUT2D eigenvalue weighted by Crippen LogP contribution is -1.99. The fraction of sp³-hybridized carbons (Fsp3) is 0.111. The van der Waals surface area contributed by atoms with Gasteiger partial charge in [0.2, 0.25) is 0 Å². The Hall–Kier alpha value is -2.64. The number of aliphatic carboxylic acids is 4. The predicted octanol–water partition coefficient (Wildman–Crippen LogP) is -0.186. The Balaban J connectivity index is 0. The highest BCUT2D eigenvalue weighted by Gasteiger charge is 2.00. The zero-order chi connectivity index (χ0) is 14.0. The number of carbonyl (C=O) groups is 4. The van der Waals surface area contributed by atoms with Crippen molar-refractivity contribution in [1.29, 1.82) is 0 Å². The van der Waals surface area contributed by atoms with E-state index in [-0.39, 0.29) is 5.57 Å². The van der Waals surface area contributed by atoms with Gasteiger partial charge in [0.1, 0.15) is 0 Å². The first-order chi connectivity index (χ1) is 7.66. The Kier molecular flexibility index (Phi) is 8.54. The molecule has 0 heterocycles.